The van der Waals surface area contributed by atoms with Crippen LogP contribution in [-0.2, 0) is 24.5 Å². The molecule has 0 radical (unpaired) electrons. The summed E-state index contributed by atoms with van der Waals surface area (Å²) in [6.45, 7) is 13.4. The number of amides is 2. The minimum absolute atomic E-state index is 0.300. The normalized spacial score (nSPS) is 18.9. The summed E-state index contributed by atoms with van der Waals surface area (Å²) >= 11 is 0. The van der Waals surface area contributed by atoms with Gasteiger partial charge in [0.1, 0.15) is 17.7 Å². The zero-order valence-corrected chi connectivity index (χ0v) is 26.3. The Hall–Kier alpha value is -3.87. The predicted octanol–water partition coefficient (Wildman–Crippen LogP) is 7.36. The van der Waals surface area contributed by atoms with Gasteiger partial charge in [0.25, 0.3) is 0 Å². The van der Waals surface area contributed by atoms with Gasteiger partial charge in [-0.2, -0.15) is 0 Å². The van der Waals surface area contributed by atoms with Crippen molar-refractivity contribution in [3.05, 3.63) is 85.5 Å². The molecule has 3 atom stereocenters. The van der Waals surface area contributed by atoms with Crippen LogP contribution in [0.5, 0.6) is 0 Å². The van der Waals surface area contributed by atoms with Gasteiger partial charge >= 0.3 is 12.1 Å². The third-order valence-electron chi connectivity index (χ3n) is 8.01. The number of unbranched alkanes of at least 4 members (excludes halogenated alkanes) is 3. The Morgan fingerprint density at radius 1 is 0.977 bits per heavy atom. The van der Waals surface area contributed by atoms with Gasteiger partial charge in [0.15, 0.2) is 0 Å². The van der Waals surface area contributed by atoms with Crippen LogP contribution >= 0.6 is 0 Å². The molecule has 0 aliphatic carbocycles. The van der Waals surface area contributed by atoms with E-state index in [0.717, 1.165) is 48.8 Å². The minimum Gasteiger partial charge on any atom is -0.467 e. The molecule has 3 rings (SSSR count). The van der Waals surface area contributed by atoms with Crippen molar-refractivity contribution in [1.82, 2.24) is 10.2 Å². The van der Waals surface area contributed by atoms with E-state index in [1.165, 1.54) is 7.11 Å². The summed E-state index contributed by atoms with van der Waals surface area (Å²) in [6, 6.07) is 16.9. The summed E-state index contributed by atoms with van der Waals surface area (Å²) in [5.41, 5.74) is 2.07. The molecule has 2 aromatic carbocycles. The van der Waals surface area contributed by atoms with E-state index in [4.69, 9.17) is 9.47 Å². The highest BCUT2D eigenvalue weighted by Crippen LogP contribution is 2.43. The molecule has 1 aliphatic rings. The number of nitrogens with zero attached hydrogens (tertiary/aromatic N) is 1. The Labute approximate surface area is 257 Å². The number of carbonyl (C=O) groups is 3. The van der Waals surface area contributed by atoms with Crippen molar-refractivity contribution in [2.45, 2.75) is 95.2 Å². The number of alkyl carbamates (subject to hydrolysis) is 1. The molecule has 1 aliphatic heterocycles. The standard InChI is InChI=1S/C36H48N2O5/c1-7-9-11-12-16-19-30(37-34(41)43-35(3,4)5)32(39)38-26-36(24-10-8-2,25-31(38)33(40)42-6)29-22-20-28(21-23-29)27-17-14-13-15-18-27/h7-8,13-15,17-18,20-23,30-31H,1-2,9-12,16,19,24-26H2,3-6H3,(H,37,41)/t30-,31-,36+/m0/s1. The second-order valence-corrected chi connectivity index (χ2v) is 12.4. The van der Waals surface area contributed by atoms with Crippen LogP contribution in [0.25, 0.3) is 11.1 Å². The quantitative estimate of drug-likeness (QED) is 0.142. The monoisotopic (exact) mass is 588 g/mol. The number of carbonyl (C=O) groups excluding carboxylic acids is 3. The molecule has 1 saturated heterocycles. The highest BCUT2D eigenvalue weighted by molar-refractivity contribution is 5.90. The summed E-state index contributed by atoms with van der Waals surface area (Å²) in [6.07, 6.45) is 8.86. The van der Waals surface area contributed by atoms with Gasteiger partial charge in [-0.15, -0.1) is 13.2 Å². The van der Waals surface area contributed by atoms with Crippen molar-refractivity contribution >= 4 is 18.0 Å². The lowest BCUT2D eigenvalue weighted by atomic mass is 9.74. The van der Waals surface area contributed by atoms with Crippen molar-refractivity contribution in [1.29, 1.82) is 0 Å². The highest BCUT2D eigenvalue weighted by atomic mass is 16.6. The predicted molar refractivity (Wildman–Crippen MR) is 172 cm³/mol. The summed E-state index contributed by atoms with van der Waals surface area (Å²) in [5, 5.41) is 2.81. The van der Waals surface area contributed by atoms with Crippen LogP contribution < -0.4 is 5.32 Å². The van der Waals surface area contributed by atoms with E-state index in [1.54, 1.807) is 25.7 Å². The second kappa shape index (κ2) is 15.6. The average Bonchev–Trinajstić information content (AvgIpc) is 3.39. The number of benzene rings is 2. The number of ether oxygens (including phenoxy) is 2. The van der Waals surface area contributed by atoms with Crippen molar-refractivity contribution in [2.24, 2.45) is 0 Å². The van der Waals surface area contributed by atoms with Crippen LogP contribution in [0.4, 0.5) is 4.79 Å². The van der Waals surface area contributed by atoms with Gasteiger partial charge in [0.05, 0.1) is 7.11 Å². The van der Waals surface area contributed by atoms with Gasteiger partial charge in [-0.05, 0) is 76.0 Å². The largest absolute Gasteiger partial charge is 0.467 e. The number of esters is 1. The van der Waals surface area contributed by atoms with Crippen LogP contribution in [0.2, 0.25) is 0 Å². The molecule has 0 bridgehead atoms. The van der Waals surface area contributed by atoms with Crippen molar-refractivity contribution in [3.8, 4) is 11.1 Å². The molecule has 1 heterocycles. The average molecular weight is 589 g/mol. The van der Waals surface area contributed by atoms with Crippen LogP contribution in [0, 0.1) is 0 Å². The fourth-order valence-corrected chi connectivity index (χ4v) is 5.84. The van der Waals surface area contributed by atoms with Crippen molar-refractivity contribution in [2.75, 3.05) is 13.7 Å². The summed E-state index contributed by atoms with van der Waals surface area (Å²) in [4.78, 5) is 41.8. The number of methoxy groups -OCH3 is 1. The molecule has 1 N–H and O–H groups in total. The number of nitrogens with one attached hydrogen (secondary N) is 1. The second-order valence-electron chi connectivity index (χ2n) is 12.4. The van der Waals surface area contributed by atoms with E-state index in [0.29, 0.717) is 25.8 Å². The molecule has 2 amide bonds. The highest BCUT2D eigenvalue weighted by Gasteiger charge is 2.50. The first-order valence-corrected chi connectivity index (χ1v) is 15.3. The van der Waals surface area contributed by atoms with Crippen molar-refractivity contribution < 1.29 is 23.9 Å². The Morgan fingerprint density at radius 3 is 2.23 bits per heavy atom. The zero-order chi connectivity index (χ0) is 31.5. The lowest BCUT2D eigenvalue weighted by Gasteiger charge is -2.31. The summed E-state index contributed by atoms with van der Waals surface area (Å²) in [7, 11) is 1.35. The number of likely N-dealkylation sites (tertiary alicyclic amines) is 1. The Bertz CT molecular complexity index is 1230. The molecule has 2 aromatic rings. The first-order chi connectivity index (χ1) is 20.5. The Balaban J connectivity index is 1.94. The molecule has 0 unspecified atom stereocenters. The molecule has 0 saturated carbocycles. The van der Waals surface area contributed by atoms with E-state index in [-0.39, 0.29) is 5.91 Å². The van der Waals surface area contributed by atoms with E-state index >= 15 is 0 Å². The lowest BCUT2D eigenvalue weighted by molar-refractivity contribution is -0.151. The molecule has 7 heteroatoms. The molecule has 43 heavy (non-hydrogen) atoms. The first-order valence-electron chi connectivity index (χ1n) is 15.3. The topological polar surface area (TPSA) is 84.9 Å². The molecule has 7 nitrogen and oxygen atoms in total. The Kier molecular flexibility index (Phi) is 12.2. The van der Waals surface area contributed by atoms with Crippen LogP contribution in [-0.4, -0.2) is 54.2 Å². The summed E-state index contributed by atoms with van der Waals surface area (Å²) < 4.78 is 10.7. The maximum atomic E-state index is 14.2. The maximum absolute atomic E-state index is 14.2. The fraction of sp³-hybridized carbons (Fsp3) is 0.472. The van der Waals surface area contributed by atoms with Crippen LogP contribution in [0.1, 0.15) is 77.7 Å². The van der Waals surface area contributed by atoms with Gasteiger partial charge < -0.3 is 19.7 Å². The third kappa shape index (κ3) is 9.31. The van der Waals surface area contributed by atoms with Gasteiger partial charge in [-0.1, -0.05) is 79.6 Å². The van der Waals surface area contributed by atoms with Crippen molar-refractivity contribution in [3.63, 3.8) is 0 Å². The molecular formula is C36H48N2O5. The molecule has 0 spiro atoms. The number of allylic oxidation sites excluding steroid dienone is 2. The van der Waals surface area contributed by atoms with E-state index in [2.05, 4.69) is 54.9 Å². The van der Waals surface area contributed by atoms with Crippen LogP contribution in [0.3, 0.4) is 0 Å². The number of hydrogen-bond acceptors (Lipinski definition) is 5. The van der Waals surface area contributed by atoms with Gasteiger partial charge in [0, 0.05) is 12.0 Å². The van der Waals surface area contributed by atoms with Crippen LogP contribution in [0.15, 0.2) is 79.9 Å². The SMILES string of the molecule is C=CCCCCC[C@H](NC(=O)OC(C)(C)C)C(=O)N1C[C@](CCC=C)(c2ccc(-c3ccccc3)cc2)C[C@H]1C(=O)OC. The number of hydrogen-bond donors (Lipinski definition) is 1. The minimum atomic E-state index is -0.832. The molecule has 1 fully saturated rings. The molecule has 0 aromatic heterocycles. The van der Waals surface area contributed by atoms with Gasteiger partial charge in [-0.25, -0.2) is 9.59 Å². The third-order valence-corrected chi connectivity index (χ3v) is 8.01. The van der Waals surface area contributed by atoms with E-state index in [9.17, 15) is 14.4 Å². The van der Waals surface area contributed by atoms with E-state index < -0.39 is 35.2 Å². The zero-order valence-electron chi connectivity index (χ0n) is 26.3. The smallest absolute Gasteiger partial charge is 0.408 e. The Morgan fingerprint density at radius 2 is 1.63 bits per heavy atom. The first kappa shape index (κ1) is 33.6. The fourth-order valence-electron chi connectivity index (χ4n) is 5.84. The van der Waals surface area contributed by atoms with Gasteiger partial charge in [0.2, 0.25) is 5.91 Å². The van der Waals surface area contributed by atoms with E-state index in [1.807, 2.05) is 30.4 Å². The maximum Gasteiger partial charge on any atom is 0.408 e. The van der Waals surface area contributed by atoms with Gasteiger partial charge in [-0.3, -0.25) is 4.79 Å². The number of rotatable bonds is 14. The summed E-state index contributed by atoms with van der Waals surface area (Å²) in [5.74, 6) is -0.761. The lowest BCUT2D eigenvalue weighted by Crippen LogP contribution is -2.53. The molecule has 232 valence electrons. The molecular weight excluding hydrogens is 540 g/mol.